The van der Waals surface area contributed by atoms with E-state index < -0.39 is 6.04 Å². The molecule has 1 unspecified atom stereocenters. The van der Waals surface area contributed by atoms with E-state index in [9.17, 15) is 9.59 Å². The molecule has 0 spiro atoms. The zero-order valence-electron chi connectivity index (χ0n) is 15.2. The molecule has 136 valence electrons. The van der Waals surface area contributed by atoms with E-state index in [1.807, 2.05) is 0 Å². The molecular weight excluding hydrogens is 357 g/mol. The van der Waals surface area contributed by atoms with Gasteiger partial charge in [-0.05, 0) is 0 Å². The van der Waals surface area contributed by atoms with Crippen molar-refractivity contribution in [3.8, 4) is 0 Å². The molecule has 0 aliphatic heterocycles. The third kappa shape index (κ3) is 13.6. The number of carbonyl (C=O) groups excluding carboxylic acids is 2. The summed E-state index contributed by atoms with van der Waals surface area (Å²) in [4.78, 5) is 23.6. The number of hydrogen-bond donors (Lipinski definition) is 1. The first-order valence-electron chi connectivity index (χ1n) is 9.01. The quantitative estimate of drug-likeness (QED) is 0.259. The van der Waals surface area contributed by atoms with Crippen LogP contribution in [0.5, 0.6) is 0 Å². The van der Waals surface area contributed by atoms with Gasteiger partial charge in [0.05, 0.1) is 0 Å². The van der Waals surface area contributed by atoms with Crippen LogP contribution in [0.25, 0.3) is 0 Å². The summed E-state index contributed by atoms with van der Waals surface area (Å²) in [5, 5.41) is 3.80. The second-order valence-electron chi connectivity index (χ2n) is 6.00. The van der Waals surface area contributed by atoms with Crippen LogP contribution in [0.3, 0.4) is 0 Å². The number of carbonyl (C=O) groups is 2. The second kappa shape index (κ2) is 16.3. The molecule has 0 aliphatic rings. The monoisotopic (exact) mass is 393 g/mol. The van der Waals surface area contributed by atoms with Gasteiger partial charge in [0, 0.05) is 0 Å². The molecule has 0 radical (unpaired) electrons. The molecule has 0 aliphatic carbocycles. The van der Waals surface area contributed by atoms with Gasteiger partial charge < -0.3 is 0 Å². The fourth-order valence-corrected chi connectivity index (χ4v) is 3.48. The van der Waals surface area contributed by atoms with Crippen LogP contribution in [-0.2, 0) is 14.3 Å². The summed E-state index contributed by atoms with van der Waals surface area (Å²) in [7, 11) is 1.37. The third-order valence-electron chi connectivity index (χ3n) is 3.94. The maximum atomic E-state index is 11.9. The number of unbranched alkanes of at least 4 members (excludes halogenated alkanes) is 8. The van der Waals surface area contributed by atoms with Crippen LogP contribution in [0.1, 0.15) is 77.6 Å². The number of methoxy groups -OCH3 is 1. The average Bonchev–Trinajstić information content (AvgIpc) is 2.56. The van der Waals surface area contributed by atoms with E-state index >= 15 is 0 Å². The number of rotatable bonds is 15. The molecule has 0 fully saturated rings. The van der Waals surface area contributed by atoms with Crippen LogP contribution in [-0.4, -0.2) is 40.0 Å². The fraction of sp³-hybridized carbons (Fsp3) is 0.889. The Bertz CT molecular complexity index is 311. The molecule has 5 heteroatoms. The normalized spacial score (nSPS) is 12.0. The summed E-state index contributed by atoms with van der Waals surface area (Å²) in [6.07, 6.45) is 12.3. The number of ether oxygens (including phenoxy) is 1. The van der Waals surface area contributed by atoms with E-state index in [2.05, 4.69) is 18.1 Å². The molecule has 0 aromatic carbocycles. The first-order valence-corrected chi connectivity index (χ1v) is 11.9. The van der Waals surface area contributed by atoms with Gasteiger partial charge in [0.1, 0.15) is 0 Å². The first kappa shape index (κ1) is 22.5. The molecular formula is C18H35NO3Se. The summed E-state index contributed by atoms with van der Waals surface area (Å²) in [6, 6.07) is -0.465. The number of nitrogens with one attached hydrogen (secondary N) is 1. The van der Waals surface area contributed by atoms with Gasteiger partial charge in [-0.3, -0.25) is 0 Å². The molecule has 0 aromatic heterocycles. The van der Waals surface area contributed by atoms with Gasteiger partial charge in [-0.2, -0.15) is 0 Å². The molecule has 23 heavy (non-hydrogen) atoms. The van der Waals surface area contributed by atoms with Crippen LogP contribution in [0.15, 0.2) is 0 Å². The van der Waals surface area contributed by atoms with Crippen molar-refractivity contribution in [2.24, 2.45) is 0 Å². The summed E-state index contributed by atoms with van der Waals surface area (Å²) < 4.78 is 4.76. The minimum absolute atomic E-state index is 0.0213. The Morgan fingerprint density at radius 1 is 1.00 bits per heavy atom. The Hall–Kier alpha value is -0.541. The summed E-state index contributed by atoms with van der Waals surface area (Å²) in [5.74, 6) is 1.78. The van der Waals surface area contributed by atoms with Crippen molar-refractivity contribution in [3.05, 3.63) is 0 Å². The van der Waals surface area contributed by atoms with E-state index in [4.69, 9.17) is 4.74 Å². The van der Waals surface area contributed by atoms with Crippen LogP contribution in [0.2, 0.25) is 11.1 Å². The van der Waals surface area contributed by atoms with E-state index in [1.54, 1.807) is 0 Å². The predicted molar refractivity (Wildman–Crippen MR) is 96.8 cm³/mol. The van der Waals surface area contributed by atoms with Gasteiger partial charge in [0.15, 0.2) is 0 Å². The second-order valence-corrected chi connectivity index (χ2v) is 8.07. The van der Waals surface area contributed by atoms with Crippen LogP contribution < -0.4 is 5.32 Å². The van der Waals surface area contributed by atoms with Crippen molar-refractivity contribution >= 4 is 26.8 Å². The van der Waals surface area contributed by atoms with E-state index in [0.29, 0.717) is 27.8 Å². The maximum absolute atomic E-state index is 11.9. The van der Waals surface area contributed by atoms with Gasteiger partial charge in [-0.15, -0.1) is 0 Å². The molecule has 1 N–H and O–H groups in total. The average molecular weight is 392 g/mol. The van der Waals surface area contributed by atoms with Crippen molar-refractivity contribution in [2.45, 2.75) is 94.7 Å². The van der Waals surface area contributed by atoms with Crippen molar-refractivity contribution < 1.29 is 14.3 Å². The Kier molecular flexibility index (Phi) is 15.9. The van der Waals surface area contributed by atoms with Gasteiger partial charge in [-0.25, -0.2) is 0 Å². The third-order valence-corrected chi connectivity index (χ3v) is 5.29. The van der Waals surface area contributed by atoms with Crippen LogP contribution in [0, 0.1) is 0 Å². The standard InChI is InChI=1S/C18H35NO3Se/c1-4-5-6-7-8-9-10-11-12-13-17(20)19-16(14-15-23-3)18(21)22-2/h16H,4-15H2,1-3H3,(H,19,20). The van der Waals surface area contributed by atoms with Crippen molar-refractivity contribution in [1.82, 2.24) is 5.32 Å². The Balaban J connectivity index is 3.69. The summed E-state index contributed by atoms with van der Waals surface area (Å²) >= 11 is 0.508. The van der Waals surface area contributed by atoms with E-state index in [1.165, 1.54) is 52.1 Å². The Morgan fingerprint density at radius 2 is 1.57 bits per heavy atom. The zero-order valence-corrected chi connectivity index (χ0v) is 16.9. The molecule has 0 heterocycles. The Morgan fingerprint density at radius 3 is 2.09 bits per heavy atom. The molecule has 0 rings (SSSR count). The number of hydrogen-bond acceptors (Lipinski definition) is 3. The van der Waals surface area contributed by atoms with Gasteiger partial charge >= 0.3 is 122 Å². The van der Waals surface area contributed by atoms with E-state index in [-0.39, 0.29) is 11.9 Å². The summed E-state index contributed by atoms with van der Waals surface area (Å²) in [6.45, 7) is 2.24. The van der Waals surface area contributed by atoms with Gasteiger partial charge in [0.2, 0.25) is 0 Å². The van der Waals surface area contributed by atoms with Crippen molar-refractivity contribution in [2.75, 3.05) is 7.11 Å². The van der Waals surface area contributed by atoms with Crippen LogP contribution in [0.4, 0.5) is 0 Å². The van der Waals surface area contributed by atoms with Gasteiger partial charge in [-0.1, -0.05) is 26.2 Å². The zero-order chi connectivity index (χ0) is 17.3. The number of esters is 1. The molecule has 0 saturated heterocycles. The predicted octanol–water partition coefficient (Wildman–Crippen LogP) is 4.13. The van der Waals surface area contributed by atoms with Crippen LogP contribution >= 0.6 is 0 Å². The minimum atomic E-state index is -0.465. The topological polar surface area (TPSA) is 55.4 Å². The van der Waals surface area contributed by atoms with E-state index in [0.717, 1.165) is 18.2 Å². The Labute approximate surface area is 148 Å². The molecule has 0 saturated carbocycles. The first-order chi connectivity index (χ1) is 11.2. The molecule has 0 aromatic rings. The number of amides is 1. The summed E-state index contributed by atoms with van der Waals surface area (Å²) in [5.41, 5.74) is 0. The van der Waals surface area contributed by atoms with Gasteiger partial charge in [0.25, 0.3) is 0 Å². The van der Waals surface area contributed by atoms with Crippen molar-refractivity contribution in [1.29, 1.82) is 0 Å². The fourth-order valence-electron chi connectivity index (χ4n) is 2.49. The SMILES string of the molecule is CCCCCCCCCCCC(=O)NC(CC[Se]C)C(=O)OC. The molecule has 1 amide bonds. The molecule has 4 nitrogen and oxygen atoms in total. The molecule has 1 atom stereocenters. The molecule has 0 bridgehead atoms. The van der Waals surface area contributed by atoms with Crippen molar-refractivity contribution in [3.63, 3.8) is 0 Å².